The van der Waals surface area contributed by atoms with Gasteiger partial charge in [0.25, 0.3) is 5.91 Å². The topological polar surface area (TPSA) is 96.8 Å². The summed E-state index contributed by atoms with van der Waals surface area (Å²) in [6.45, 7) is 1.86. The number of nitrogens with one attached hydrogen (secondary N) is 2. The van der Waals surface area contributed by atoms with Crippen molar-refractivity contribution in [1.82, 2.24) is 14.9 Å². The summed E-state index contributed by atoms with van der Waals surface area (Å²) in [6.07, 6.45) is 2.71. The van der Waals surface area contributed by atoms with Crippen molar-refractivity contribution in [1.29, 1.82) is 5.41 Å². The maximum Gasteiger partial charge on any atom is 0.268 e. The average Bonchev–Trinajstić information content (AvgIpc) is 2.91. The molecule has 0 aliphatic rings. The van der Waals surface area contributed by atoms with Gasteiger partial charge in [-0.1, -0.05) is 17.7 Å². The van der Waals surface area contributed by atoms with E-state index < -0.39 is 0 Å². The van der Waals surface area contributed by atoms with E-state index in [0.717, 1.165) is 22.7 Å². The number of hydrogen-bond donors (Lipinski definition) is 3. The third-order valence-corrected chi connectivity index (χ3v) is 4.43. The summed E-state index contributed by atoms with van der Waals surface area (Å²) in [4.78, 5) is 16.8. The van der Waals surface area contributed by atoms with Crippen LogP contribution in [0.3, 0.4) is 0 Å². The number of aromatic nitrogens is 2. The van der Waals surface area contributed by atoms with Gasteiger partial charge in [0, 0.05) is 35.4 Å². The van der Waals surface area contributed by atoms with Gasteiger partial charge in [-0.3, -0.25) is 9.78 Å². The van der Waals surface area contributed by atoms with Crippen molar-refractivity contribution in [3.05, 3.63) is 58.5 Å². The van der Waals surface area contributed by atoms with Crippen LogP contribution in [-0.4, -0.2) is 21.7 Å². The Balaban J connectivity index is 1.85. The number of amides is 1. The number of hydrogen-bond acceptors (Lipinski definition) is 4. The predicted octanol–water partition coefficient (Wildman–Crippen LogP) is 3.30. The summed E-state index contributed by atoms with van der Waals surface area (Å²) < 4.78 is 1.81. The van der Waals surface area contributed by atoms with Gasteiger partial charge in [0.1, 0.15) is 11.4 Å². The first kappa shape index (κ1) is 17.0. The summed E-state index contributed by atoms with van der Waals surface area (Å²) in [7, 11) is 1.83. The molecular weight excluding hydrogens is 338 g/mol. The van der Waals surface area contributed by atoms with E-state index in [4.69, 9.17) is 22.7 Å². The van der Waals surface area contributed by atoms with E-state index in [-0.39, 0.29) is 11.9 Å². The lowest BCUT2D eigenvalue weighted by atomic mass is 10.1. The van der Waals surface area contributed by atoms with Crippen LogP contribution < -0.4 is 11.1 Å². The van der Waals surface area contributed by atoms with Crippen LogP contribution in [0.15, 0.2) is 36.5 Å². The van der Waals surface area contributed by atoms with Crippen LogP contribution in [-0.2, 0) is 7.05 Å². The highest BCUT2D eigenvalue weighted by Gasteiger charge is 2.17. The van der Waals surface area contributed by atoms with Crippen molar-refractivity contribution in [3.63, 3.8) is 0 Å². The van der Waals surface area contributed by atoms with Crippen molar-refractivity contribution >= 4 is 40.3 Å². The normalized spacial score (nSPS) is 12.1. The Hall–Kier alpha value is -2.86. The molecular formula is C18H18ClN5O. The Morgan fingerprint density at radius 2 is 2.16 bits per heavy atom. The van der Waals surface area contributed by atoms with Gasteiger partial charge in [0.2, 0.25) is 0 Å². The van der Waals surface area contributed by atoms with Gasteiger partial charge < -0.3 is 21.0 Å². The molecule has 0 spiro atoms. The van der Waals surface area contributed by atoms with Crippen LogP contribution in [0.25, 0.3) is 10.9 Å². The second-order valence-corrected chi connectivity index (χ2v) is 6.31. The van der Waals surface area contributed by atoms with Crippen molar-refractivity contribution < 1.29 is 4.79 Å². The molecule has 1 unspecified atom stereocenters. The fraction of sp³-hybridized carbons (Fsp3) is 0.167. The van der Waals surface area contributed by atoms with Gasteiger partial charge in [-0.05, 0) is 36.8 Å². The SMILES string of the molecule is CC(NC(=O)c1cc2ccc(Cl)cc2n1C)c1cnc(C=N)c(N)c1. The molecule has 0 bridgehead atoms. The minimum atomic E-state index is -0.274. The zero-order chi connectivity index (χ0) is 18.1. The van der Waals surface area contributed by atoms with E-state index in [1.807, 2.05) is 36.7 Å². The molecule has 1 amide bonds. The lowest BCUT2D eigenvalue weighted by Gasteiger charge is -2.15. The van der Waals surface area contributed by atoms with E-state index in [9.17, 15) is 4.79 Å². The fourth-order valence-corrected chi connectivity index (χ4v) is 2.91. The molecule has 0 radical (unpaired) electrons. The van der Waals surface area contributed by atoms with Gasteiger partial charge in [-0.25, -0.2) is 0 Å². The van der Waals surface area contributed by atoms with Crippen molar-refractivity contribution in [3.8, 4) is 0 Å². The molecule has 0 aliphatic carbocycles. The first-order valence-electron chi connectivity index (χ1n) is 7.72. The number of fused-ring (bicyclic) bond motifs is 1. The molecule has 7 heteroatoms. The number of carbonyl (C=O) groups is 1. The molecule has 1 atom stereocenters. The number of pyridine rings is 1. The minimum absolute atomic E-state index is 0.197. The highest BCUT2D eigenvalue weighted by molar-refractivity contribution is 6.31. The molecule has 0 saturated carbocycles. The standard InChI is InChI=1S/C18H18ClN5O/c1-10(12-5-14(21)15(8-20)22-9-12)23-18(25)17-6-11-3-4-13(19)7-16(11)24(17)2/h3-10,20H,21H2,1-2H3,(H,23,25). The number of halogens is 1. The van der Waals surface area contributed by atoms with Gasteiger partial charge in [0.05, 0.1) is 11.7 Å². The zero-order valence-corrected chi connectivity index (χ0v) is 14.6. The number of anilines is 1. The Kier molecular flexibility index (Phi) is 4.46. The van der Waals surface area contributed by atoms with E-state index in [0.29, 0.717) is 22.1 Å². The molecule has 2 heterocycles. The molecule has 0 aliphatic heterocycles. The van der Waals surface area contributed by atoms with Gasteiger partial charge in [-0.2, -0.15) is 0 Å². The van der Waals surface area contributed by atoms with Gasteiger partial charge in [0.15, 0.2) is 0 Å². The summed E-state index contributed by atoms with van der Waals surface area (Å²) in [6, 6.07) is 8.80. The number of aryl methyl sites for hydroxylation is 1. The molecule has 3 rings (SSSR count). The summed E-state index contributed by atoms with van der Waals surface area (Å²) in [5, 5.41) is 11.8. The zero-order valence-electron chi connectivity index (χ0n) is 13.9. The molecule has 6 nitrogen and oxygen atoms in total. The minimum Gasteiger partial charge on any atom is -0.397 e. The summed E-state index contributed by atoms with van der Waals surface area (Å²) >= 11 is 6.03. The molecule has 25 heavy (non-hydrogen) atoms. The molecule has 4 N–H and O–H groups in total. The molecule has 2 aromatic heterocycles. The first-order chi connectivity index (χ1) is 11.9. The molecule has 0 fully saturated rings. The Morgan fingerprint density at radius 1 is 1.40 bits per heavy atom. The number of nitrogen functional groups attached to an aromatic ring is 1. The van der Waals surface area contributed by atoms with Crippen LogP contribution in [0.2, 0.25) is 5.02 Å². The van der Waals surface area contributed by atoms with Gasteiger partial charge in [-0.15, -0.1) is 0 Å². The maximum absolute atomic E-state index is 12.7. The third-order valence-electron chi connectivity index (χ3n) is 4.20. The number of rotatable bonds is 4. The number of nitrogens with two attached hydrogens (primary N) is 1. The highest BCUT2D eigenvalue weighted by Crippen LogP contribution is 2.23. The first-order valence-corrected chi connectivity index (χ1v) is 8.10. The summed E-state index contributed by atoms with van der Waals surface area (Å²) in [5.74, 6) is -0.197. The Bertz CT molecular complexity index is 979. The quantitative estimate of drug-likeness (QED) is 0.626. The monoisotopic (exact) mass is 355 g/mol. The largest absolute Gasteiger partial charge is 0.397 e. The van der Waals surface area contributed by atoms with E-state index in [1.54, 1.807) is 18.3 Å². The smallest absolute Gasteiger partial charge is 0.268 e. The second-order valence-electron chi connectivity index (χ2n) is 5.87. The highest BCUT2D eigenvalue weighted by atomic mass is 35.5. The Labute approximate surface area is 150 Å². The number of benzene rings is 1. The molecule has 128 valence electrons. The van der Waals surface area contributed by atoms with Crippen molar-refractivity contribution in [2.45, 2.75) is 13.0 Å². The second kappa shape index (κ2) is 6.57. The van der Waals surface area contributed by atoms with Crippen molar-refractivity contribution in [2.24, 2.45) is 7.05 Å². The van der Waals surface area contributed by atoms with Gasteiger partial charge >= 0.3 is 0 Å². The molecule has 0 saturated heterocycles. The van der Waals surface area contributed by atoms with Crippen molar-refractivity contribution in [2.75, 3.05) is 5.73 Å². The third kappa shape index (κ3) is 3.21. The van der Waals surface area contributed by atoms with Crippen LogP contribution in [0, 0.1) is 5.41 Å². The van der Waals surface area contributed by atoms with Crippen LogP contribution in [0.5, 0.6) is 0 Å². The Morgan fingerprint density at radius 3 is 2.84 bits per heavy atom. The fourth-order valence-electron chi connectivity index (χ4n) is 2.74. The van der Waals surface area contributed by atoms with Crippen LogP contribution >= 0.6 is 11.6 Å². The van der Waals surface area contributed by atoms with Crippen LogP contribution in [0.4, 0.5) is 5.69 Å². The van der Waals surface area contributed by atoms with E-state index in [2.05, 4.69) is 10.3 Å². The van der Waals surface area contributed by atoms with Crippen LogP contribution in [0.1, 0.15) is 34.7 Å². The molecule has 1 aromatic carbocycles. The lowest BCUT2D eigenvalue weighted by molar-refractivity contribution is 0.0932. The van der Waals surface area contributed by atoms with E-state index in [1.165, 1.54) is 0 Å². The summed E-state index contributed by atoms with van der Waals surface area (Å²) in [5.41, 5.74) is 8.89. The number of carbonyl (C=O) groups excluding carboxylic acids is 1. The average molecular weight is 356 g/mol. The lowest BCUT2D eigenvalue weighted by Crippen LogP contribution is -2.28. The predicted molar refractivity (Wildman–Crippen MR) is 100 cm³/mol. The molecule has 3 aromatic rings. The maximum atomic E-state index is 12.7. The van der Waals surface area contributed by atoms with E-state index >= 15 is 0 Å². The number of nitrogens with zero attached hydrogens (tertiary/aromatic N) is 2.